The first kappa shape index (κ1) is 12.0. The lowest BCUT2D eigenvalue weighted by Crippen LogP contribution is -2.17. The molecule has 0 aromatic heterocycles. The third kappa shape index (κ3) is 2.71. The summed E-state index contributed by atoms with van der Waals surface area (Å²) in [4.78, 5) is 0. The van der Waals surface area contributed by atoms with Gasteiger partial charge in [0.2, 0.25) is 0 Å². The highest BCUT2D eigenvalue weighted by molar-refractivity contribution is 5.28. The summed E-state index contributed by atoms with van der Waals surface area (Å²) >= 11 is 0. The van der Waals surface area contributed by atoms with Gasteiger partial charge in [-0.05, 0) is 17.7 Å². The fraction of sp³-hybridized carbons (Fsp3) is 0.400. The summed E-state index contributed by atoms with van der Waals surface area (Å²) in [7, 11) is 1.45. The van der Waals surface area contributed by atoms with Crippen molar-refractivity contribution in [2.45, 2.75) is 12.6 Å². The van der Waals surface area contributed by atoms with Crippen LogP contribution in [0.25, 0.3) is 0 Å². The Morgan fingerprint density at radius 1 is 1.47 bits per heavy atom. The number of ether oxygens (including phenoxy) is 1. The molecule has 0 aliphatic heterocycles. The fourth-order valence-electron chi connectivity index (χ4n) is 1.29. The first-order valence-corrected chi connectivity index (χ1v) is 4.43. The smallest absolute Gasteiger partial charge is 0.163 e. The van der Waals surface area contributed by atoms with Crippen LogP contribution in [0, 0.1) is 11.6 Å². The monoisotopic (exact) mass is 217 g/mol. The van der Waals surface area contributed by atoms with E-state index >= 15 is 0 Å². The molecule has 1 atom stereocenters. The van der Waals surface area contributed by atoms with E-state index in [2.05, 4.69) is 0 Å². The zero-order valence-electron chi connectivity index (χ0n) is 8.34. The first-order chi connectivity index (χ1) is 7.10. The molecule has 0 bridgehead atoms. The van der Waals surface area contributed by atoms with Crippen LogP contribution in [0.15, 0.2) is 12.1 Å². The zero-order chi connectivity index (χ0) is 11.4. The summed E-state index contributed by atoms with van der Waals surface area (Å²) < 4.78 is 31.1. The molecule has 84 valence electrons. The maximum atomic E-state index is 13.3. The minimum atomic E-state index is -1.02. The van der Waals surface area contributed by atoms with Gasteiger partial charge >= 0.3 is 0 Å². The van der Waals surface area contributed by atoms with Gasteiger partial charge in [0.05, 0.1) is 19.3 Å². The molecule has 0 saturated heterocycles. The largest absolute Gasteiger partial charge is 0.394 e. The number of nitrogens with two attached hydrogens (primary N) is 1. The zero-order valence-corrected chi connectivity index (χ0v) is 8.34. The number of aliphatic hydroxyl groups excluding tert-OH is 1. The highest BCUT2D eigenvalue weighted by atomic mass is 19.2. The molecule has 15 heavy (non-hydrogen) atoms. The van der Waals surface area contributed by atoms with E-state index in [0.29, 0.717) is 5.56 Å². The fourth-order valence-corrected chi connectivity index (χ4v) is 1.29. The molecule has 3 N–H and O–H groups in total. The second-order valence-corrected chi connectivity index (χ2v) is 3.20. The van der Waals surface area contributed by atoms with Gasteiger partial charge in [-0.2, -0.15) is 0 Å². The van der Waals surface area contributed by atoms with Crippen molar-refractivity contribution >= 4 is 0 Å². The lowest BCUT2D eigenvalue weighted by Gasteiger charge is -2.12. The molecule has 1 aromatic carbocycles. The average molecular weight is 217 g/mol. The maximum absolute atomic E-state index is 13.3. The second-order valence-electron chi connectivity index (χ2n) is 3.20. The van der Waals surface area contributed by atoms with E-state index in [1.807, 2.05) is 0 Å². The minimum Gasteiger partial charge on any atom is -0.394 e. The van der Waals surface area contributed by atoms with E-state index in [9.17, 15) is 8.78 Å². The van der Waals surface area contributed by atoms with E-state index in [0.717, 1.165) is 6.07 Å². The van der Waals surface area contributed by atoms with Gasteiger partial charge in [0.15, 0.2) is 11.6 Å². The van der Waals surface area contributed by atoms with Gasteiger partial charge in [0, 0.05) is 12.7 Å². The van der Waals surface area contributed by atoms with E-state index in [1.165, 1.54) is 13.2 Å². The van der Waals surface area contributed by atoms with Crippen LogP contribution in [0.2, 0.25) is 0 Å². The van der Waals surface area contributed by atoms with Gasteiger partial charge in [-0.15, -0.1) is 0 Å². The molecular weight excluding hydrogens is 204 g/mol. The number of methoxy groups -OCH3 is 1. The molecular formula is C10H13F2NO2. The topological polar surface area (TPSA) is 55.5 Å². The lowest BCUT2D eigenvalue weighted by molar-refractivity contribution is 0.184. The van der Waals surface area contributed by atoms with Gasteiger partial charge in [-0.3, -0.25) is 0 Å². The average Bonchev–Trinajstić information content (AvgIpc) is 2.22. The van der Waals surface area contributed by atoms with E-state index in [1.54, 1.807) is 0 Å². The third-order valence-electron chi connectivity index (χ3n) is 2.02. The minimum absolute atomic E-state index is 0.0375. The summed E-state index contributed by atoms with van der Waals surface area (Å²) in [5.74, 6) is -2.00. The number of hydrogen-bond donors (Lipinski definition) is 2. The Bertz CT molecular complexity index is 344. The Balaban J connectivity index is 3.12. The number of aliphatic hydroxyl groups is 1. The van der Waals surface area contributed by atoms with Crippen molar-refractivity contribution in [2.75, 3.05) is 13.7 Å². The molecule has 3 nitrogen and oxygen atoms in total. The molecule has 0 aliphatic carbocycles. The second kappa shape index (κ2) is 5.16. The Morgan fingerprint density at radius 2 is 2.13 bits per heavy atom. The van der Waals surface area contributed by atoms with Gasteiger partial charge in [0.25, 0.3) is 0 Å². The van der Waals surface area contributed by atoms with Crippen LogP contribution < -0.4 is 5.73 Å². The Morgan fingerprint density at radius 3 is 2.67 bits per heavy atom. The van der Waals surface area contributed by atoms with Crippen LogP contribution in [0.4, 0.5) is 8.78 Å². The Labute approximate surface area is 86.5 Å². The first-order valence-electron chi connectivity index (χ1n) is 4.43. The predicted octanol–water partition coefficient (Wildman–Crippen LogP) is 1.10. The lowest BCUT2D eigenvalue weighted by atomic mass is 10.0. The number of halogens is 2. The van der Waals surface area contributed by atoms with Crippen molar-refractivity contribution in [1.29, 1.82) is 0 Å². The van der Waals surface area contributed by atoms with Crippen molar-refractivity contribution < 1.29 is 18.6 Å². The molecule has 0 heterocycles. The van der Waals surface area contributed by atoms with Gasteiger partial charge in [-0.25, -0.2) is 8.78 Å². The predicted molar refractivity (Wildman–Crippen MR) is 51.1 cm³/mol. The van der Waals surface area contributed by atoms with E-state index < -0.39 is 24.3 Å². The van der Waals surface area contributed by atoms with Crippen LogP contribution in [-0.4, -0.2) is 18.8 Å². The molecule has 0 spiro atoms. The summed E-state index contributed by atoms with van der Waals surface area (Å²) in [6.07, 6.45) is 0. The molecule has 1 rings (SSSR count). The molecule has 0 saturated carbocycles. The van der Waals surface area contributed by atoms with Crippen LogP contribution in [0.5, 0.6) is 0 Å². The summed E-state index contributed by atoms with van der Waals surface area (Å²) in [5, 5.41) is 8.78. The molecule has 0 radical (unpaired) electrons. The summed E-state index contributed by atoms with van der Waals surface area (Å²) in [6.45, 7) is -0.269. The van der Waals surface area contributed by atoms with Crippen molar-refractivity contribution in [3.05, 3.63) is 34.9 Å². The van der Waals surface area contributed by atoms with Crippen LogP contribution in [-0.2, 0) is 11.3 Å². The van der Waals surface area contributed by atoms with Gasteiger partial charge in [-0.1, -0.05) is 0 Å². The number of hydrogen-bond acceptors (Lipinski definition) is 3. The van der Waals surface area contributed by atoms with E-state index in [-0.39, 0.29) is 12.2 Å². The normalized spacial score (nSPS) is 12.9. The Hall–Kier alpha value is -1.04. The summed E-state index contributed by atoms with van der Waals surface area (Å²) in [6, 6.07) is 1.52. The van der Waals surface area contributed by atoms with Crippen molar-refractivity contribution in [3.8, 4) is 0 Å². The Kier molecular flexibility index (Phi) is 4.14. The molecule has 5 heteroatoms. The number of rotatable bonds is 4. The molecule has 0 fully saturated rings. The quantitative estimate of drug-likeness (QED) is 0.794. The SMILES string of the molecule is COCc1cc(F)c(F)c(C(N)CO)c1. The maximum Gasteiger partial charge on any atom is 0.163 e. The van der Waals surface area contributed by atoms with E-state index in [4.69, 9.17) is 15.6 Å². The van der Waals surface area contributed by atoms with Crippen molar-refractivity contribution in [3.63, 3.8) is 0 Å². The highest BCUT2D eigenvalue weighted by Gasteiger charge is 2.15. The van der Waals surface area contributed by atoms with Gasteiger partial charge < -0.3 is 15.6 Å². The highest BCUT2D eigenvalue weighted by Crippen LogP contribution is 2.20. The third-order valence-corrected chi connectivity index (χ3v) is 2.02. The molecule has 1 aromatic rings. The van der Waals surface area contributed by atoms with Crippen molar-refractivity contribution in [2.24, 2.45) is 5.73 Å². The van der Waals surface area contributed by atoms with Crippen LogP contribution >= 0.6 is 0 Å². The number of benzene rings is 1. The summed E-state index contributed by atoms with van der Waals surface area (Å²) in [5.41, 5.74) is 5.88. The molecule has 1 unspecified atom stereocenters. The molecule has 0 aliphatic rings. The van der Waals surface area contributed by atoms with Gasteiger partial charge in [0.1, 0.15) is 0 Å². The van der Waals surface area contributed by atoms with Crippen LogP contribution in [0.1, 0.15) is 17.2 Å². The standard InChI is InChI=1S/C10H13F2NO2/c1-15-5-6-2-7(9(13)4-14)10(12)8(11)3-6/h2-3,9,14H,4-5,13H2,1H3. The molecule has 0 amide bonds. The van der Waals surface area contributed by atoms with Crippen molar-refractivity contribution in [1.82, 2.24) is 0 Å². The van der Waals surface area contributed by atoms with Crippen LogP contribution in [0.3, 0.4) is 0 Å².